The number of aromatic nitrogens is 3. The Kier molecular flexibility index (Phi) is 21.0. The van der Waals surface area contributed by atoms with Gasteiger partial charge in [-0.15, -0.1) is 5.10 Å². The van der Waals surface area contributed by atoms with Crippen LogP contribution >= 0.6 is 0 Å². The molecule has 158 valence electrons. The van der Waals surface area contributed by atoms with Gasteiger partial charge in [-0.25, -0.2) is 0 Å². The third kappa shape index (κ3) is 18.9. The number of aryl methyl sites for hydroxylation is 1. The maximum atomic E-state index is 11.0. The highest BCUT2D eigenvalue weighted by Crippen LogP contribution is 1.96. The Bertz CT molecular complexity index is 471. The number of hydrogen-bond acceptors (Lipinski definition) is 4. The van der Waals surface area contributed by atoms with E-state index in [-0.39, 0.29) is 5.91 Å². The fourth-order valence-corrected chi connectivity index (χ4v) is 1.80. The Labute approximate surface area is 166 Å². The molecule has 6 nitrogen and oxygen atoms in total. The third-order valence-electron chi connectivity index (χ3n) is 3.77. The van der Waals surface area contributed by atoms with E-state index in [1.807, 2.05) is 24.7 Å². The average molecular weight is 383 g/mol. The molecule has 1 heterocycles. The molecule has 1 amide bonds. The minimum Gasteiger partial charge on any atom is -0.356 e. The van der Waals surface area contributed by atoms with E-state index < -0.39 is 0 Å². The number of carbonyl (C=O) groups excluding carboxylic acids is 2. The van der Waals surface area contributed by atoms with E-state index in [0.29, 0.717) is 25.2 Å². The van der Waals surface area contributed by atoms with E-state index >= 15 is 0 Å². The van der Waals surface area contributed by atoms with Crippen molar-refractivity contribution < 1.29 is 9.59 Å². The number of nitrogens with zero attached hydrogens (tertiary/aromatic N) is 3. The molecule has 0 bridgehead atoms. The van der Waals surface area contributed by atoms with E-state index in [1.54, 1.807) is 0 Å². The maximum Gasteiger partial charge on any atom is 0.219 e. The summed E-state index contributed by atoms with van der Waals surface area (Å²) in [6, 6.07) is 0. The lowest BCUT2D eigenvalue weighted by Gasteiger charge is -1.99. The smallest absolute Gasteiger partial charge is 0.219 e. The van der Waals surface area contributed by atoms with Crippen molar-refractivity contribution in [2.75, 3.05) is 6.54 Å². The molecule has 0 radical (unpaired) electrons. The summed E-state index contributed by atoms with van der Waals surface area (Å²) in [7, 11) is 0. The number of hydrogen-bond donors (Lipinski definition) is 1. The van der Waals surface area contributed by atoms with E-state index in [9.17, 15) is 9.59 Å². The number of ketones is 1. The molecule has 1 N–H and O–H groups in total. The number of unbranched alkanes of at least 4 members (excludes halogenated alkanes) is 2. The van der Waals surface area contributed by atoms with E-state index in [0.717, 1.165) is 44.3 Å². The highest BCUT2D eigenvalue weighted by Gasteiger charge is 2.01. The summed E-state index contributed by atoms with van der Waals surface area (Å²) in [6.45, 7) is 13.8. The minimum atomic E-state index is 0.0796. The second kappa shape index (κ2) is 20.6. The molecule has 0 aliphatic carbocycles. The van der Waals surface area contributed by atoms with Gasteiger partial charge in [0.2, 0.25) is 5.91 Å². The van der Waals surface area contributed by atoms with Crippen molar-refractivity contribution in [1.82, 2.24) is 20.3 Å². The molecule has 27 heavy (non-hydrogen) atoms. The summed E-state index contributed by atoms with van der Waals surface area (Å²) in [4.78, 5) is 21.5. The Hall–Kier alpha value is -1.72. The van der Waals surface area contributed by atoms with Crippen molar-refractivity contribution in [3.63, 3.8) is 0 Å². The SMILES string of the molecule is CCCC.CCCCC(=O)CC.CCCn1cc(CCNC(=O)CC)nn1. The van der Waals surface area contributed by atoms with E-state index in [4.69, 9.17) is 0 Å². The van der Waals surface area contributed by atoms with Gasteiger partial charge in [0.25, 0.3) is 0 Å². The summed E-state index contributed by atoms with van der Waals surface area (Å²) >= 11 is 0. The lowest BCUT2D eigenvalue weighted by atomic mass is 10.1. The lowest BCUT2D eigenvalue weighted by Crippen LogP contribution is -2.24. The number of nitrogens with one attached hydrogen (secondary N) is 1. The first-order valence-electron chi connectivity index (χ1n) is 10.7. The van der Waals surface area contributed by atoms with Crippen LogP contribution in [-0.2, 0) is 22.6 Å². The largest absolute Gasteiger partial charge is 0.356 e. The average Bonchev–Trinajstić information content (AvgIpc) is 3.14. The van der Waals surface area contributed by atoms with Crippen LogP contribution in [0.1, 0.15) is 98.6 Å². The van der Waals surface area contributed by atoms with Crippen LogP contribution in [0.5, 0.6) is 0 Å². The fraction of sp³-hybridized carbons (Fsp3) is 0.810. The predicted molar refractivity (Wildman–Crippen MR) is 113 cm³/mol. The molecule has 0 fully saturated rings. The van der Waals surface area contributed by atoms with Crippen LogP contribution in [0.15, 0.2) is 6.20 Å². The Morgan fingerprint density at radius 2 is 1.63 bits per heavy atom. The molecule has 0 saturated heterocycles. The molecule has 0 aliphatic rings. The van der Waals surface area contributed by atoms with Crippen molar-refractivity contribution in [3.8, 4) is 0 Å². The number of rotatable bonds is 11. The van der Waals surface area contributed by atoms with Crippen molar-refractivity contribution >= 4 is 11.7 Å². The van der Waals surface area contributed by atoms with Gasteiger partial charge >= 0.3 is 0 Å². The second-order valence-corrected chi connectivity index (χ2v) is 6.42. The normalized spacial score (nSPS) is 9.56. The molecule has 1 aromatic heterocycles. The van der Waals surface area contributed by atoms with Crippen LogP contribution < -0.4 is 5.32 Å². The zero-order valence-corrected chi connectivity index (χ0v) is 18.5. The molecule has 0 saturated carbocycles. The summed E-state index contributed by atoms with van der Waals surface area (Å²) in [5.74, 6) is 0.475. The van der Waals surface area contributed by atoms with Crippen LogP contribution in [0.2, 0.25) is 0 Å². The van der Waals surface area contributed by atoms with Gasteiger partial charge in [0, 0.05) is 45.0 Å². The fourth-order valence-electron chi connectivity index (χ4n) is 1.80. The molecule has 1 rings (SSSR count). The summed E-state index contributed by atoms with van der Waals surface area (Å²) in [5, 5.41) is 10.8. The summed E-state index contributed by atoms with van der Waals surface area (Å²) < 4.78 is 1.83. The molecule has 0 unspecified atom stereocenters. The van der Waals surface area contributed by atoms with Crippen molar-refractivity contribution in [2.45, 2.75) is 106 Å². The van der Waals surface area contributed by atoms with Gasteiger partial charge in [0.15, 0.2) is 0 Å². The monoisotopic (exact) mass is 382 g/mol. The second-order valence-electron chi connectivity index (χ2n) is 6.42. The first kappa shape index (κ1) is 27.5. The van der Waals surface area contributed by atoms with Crippen LogP contribution in [0.4, 0.5) is 0 Å². The van der Waals surface area contributed by atoms with Crippen molar-refractivity contribution in [2.24, 2.45) is 0 Å². The van der Waals surface area contributed by atoms with Gasteiger partial charge in [-0.05, 0) is 12.8 Å². The van der Waals surface area contributed by atoms with Gasteiger partial charge < -0.3 is 5.32 Å². The quantitative estimate of drug-likeness (QED) is 0.601. The van der Waals surface area contributed by atoms with Crippen molar-refractivity contribution in [1.29, 1.82) is 0 Å². The van der Waals surface area contributed by atoms with Crippen LogP contribution in [0, 0.1) is 0 Å². The van der Waals surface area contributed by atoms with Crippen LogP contribution in [0.3, 0.4) is 0 Å². The third-order valence-corrected chi connectivity index (χ3v) is 3.77. The van der Waals surface area contributed by atoms with Gasteiger partial charge in [0.05, 0.1) is 5.69 Å². The van der Waals surface area contributed by atoms with Crippen LogP contribution in [0.25, 0.3) is 0 Å². The molecule has 0 spiro atoms. The molecular weight excluding hydrogens is 340 g/mol. The van der Waals surface area contributed by atoms with Crippen LogP contribution in [-0.4, -0.2) is 33.2 Å². The molecule has 6 heteroatoms. The molecule has 0 atom stereocenters. The van der Waals surface area contributed by atoms with E-state index in [2.05, 4.69) is 43.3 Å². The Balaban J connectivity index is 0. The topological polar surface area (TPSA) is 76.9 Å². The Morgan fingerprint density at radius 3 is 2.11 bits per heavy atom. The highest BCUT2D eigenvalue weighted by atomic mass is 16.1. The predicted octanol–water partition coefficient (Wildman–Crippen LogP) is 4.72. The Morgan fingerprint density at radius 1 is 0.963 bits per heavy atom. The number of amides is 1. The molecule has 0 aromatic carbocycles. The van der Waals surface area contributed by atoms with Crippen molar-refractivity contribution in [3.05, 3.63) is 11.9 Å². The summed E-state index contributed by atoms with van der Waals surface area (Å²) in [5.41, 5.74) is 0.930. The maximum absolute atomic E-state index is 11.0. The zero-order valence-electron chi connectivity index (χ0n) is 18.5. The first-order chi connectivity index (χ1) is 13.0. The van der Waals surface area contributed by atoms with E-state index in [1.165, 1.54) is 12.8 Å². The van der Waals surface area contributed by atoms with Gasteiger partial charge in [-0.1, -0.05) is 66.0 Å². The summed E-state index contributed by atoms with van der Waals surface area (Å²) in [6.07, 6.45) is 10.6. The van der Waals surface area contributed by atoms with Gasteiger partial charge in [-0.3, -0.25) is 14.3 Å². The first-order valence-corrected chi connectivity index (χ1v) is 10.7. The molecule has 0 aliphatic heterocycles. The van der Waals surface area contributed by atoms with Gasteiger partial charge in [0.1, 0.15) is 5.78 Å². The highest BCUT2D eigenvalue weighted by molar-refractivity contribution is 5.77. The lowest BCUT2D eigenvalue weighted by molar-refractivity contribution is -0.121. The standard InChI is InChI=1S/C10H18N4O.C7H14O.C4H10/c1-3-7-14-8-9(12-13-14)5-6-11-10(15)4-2;1-3-5-6-7(8)4-2;1-3-4-2/h8H,3-7H2,1-2H3,(H,11,15);3-6H2,1-2H3;3-4H2,1-2H3. The number of carbonyl (C=O) groups is 2. The molecular formula is C21H42N4O2. The van der Waals surface area contributed by atoms with Gasteiger partial charge in [-0.2, -0.15) is 0 Å². The minimum absolute atomic E-state index is 0.0796. The molecule has 1 aromatic rings. The zero-order chi connectivity index (χ0) is 20.9. The number of Topliss-reactive ketones (excluding diaryl/α,β-unsaturated/α-hetero) is 1.